The van der Waals surface area contributed by atoms with E-state index in [0.717, 1.165) is 24.1 Å². The molecule has 24 heavy (non-hydrogen) atoms. The number of hydrogen-bond donors (Lipinski definition) is 1. The van der Waals surface area contributed by atoms with Crippen LogP contribution in [0.4, 0.5) is 17.1 Å². The SMILES string of the molecule is CCc1ccc(NC(=O)c2cc([N+](=O)[O-])c(C)c([N+](=O)[O-])c2)cc1. The van der Waals surface area contributed by atoms with Gasteiger partial charge >= 0.3 is 0 Å². The third kappa shape index (κ3) is 3.54. The van der Waals surface area contributed by atoms with Crippen LogP contribution >= 0.6 is 0 Å². The number of nitrogens with zero attached hydrogens (tertiary/aromatic N) is 2. The van der Waals surface area contributed by atoms with E-state index in [0.29, 0.717) is 5.69 Å². The molecule has 0 unspecified atom stereocenters. The zero-order valence-electron chi connectivity index (χ0n) is 13.1. The number of anilines is 1. The van der Waals surface area contributed by atoms with Gasteiger partial charge in [-0.1, -0.05) is 19.1 Å². The Labute approximate surface area is 137 Å². The maximum absolute atomic E-state index is 12.3. The largest absolute Gasteiger partial charge is 0.322 e. The van der Waals surface area contributed by atoms with Crippen molar-refractivity contribution in [2.75, 3.05) is 5.32 Å². The zero-order chi connectivity index (χ0) is 17.9. The van der Waals surface area contributed by atoms with Gasteiger partial charge in [0.15, 0.2) is 0 Å². The van der Waals surface area contributed by atoms with Crippen molar-refractivity contribution in [2.45, 2.75) is 20.3 Å². The van der Waals surface area contributed by atoms with E-state index in [9.17, 15) is 25.0 Å². The normalized spacial score (nSPS) is 10.2. The highest BCUT2D eigenvalue weighted by Gasteiger charge is 2.25. The Morgan fingerprint density at radius 1 is 1.04 bits per heavy atom. The van der Waals surface area contributed by atoms with Crippen molar-refractivity contribution in [3.05, 3.63) is 73.3 Å². The van der Waals surface area contributed by atoms with Gasteiger partial charge in [-0.2, -0.15) is 0 Å². The van der Waals surface area contributed by atoms with E-state index < -0.39 is 27.1 Å². The zero-order valence-corrected chi connectivity index (χ0v) is 13.1. The molecule has 0 fully saturated rings. The number of nitro benzene ring substituents is 2. The number of nitro groups is 2. The number of rotatable bonds is 5. The van der Waals surface area contributed by atoms with Gasteiger partial charge in [0.1, 0.15) is 5.56 Å². The second-order valence-corrected chi connectivity index (χ2v) is 5.16. The highest BCUT2D eigenvalue weighted by Crippen LogP contribution is 2.29. The molecule has 124 valence electrons. The maximum atomic E-state index is 12.3. The summed E-state index contributed by atoms with van der Waals surface area (Å²) in [5, 5.41) is 24.7. The summed E-state index contributed by atoms with van der Waals surface area (Å²) in [5.74, 6) is -0.648. The molecule has 8 nitrogen and oxygen atoms in total. The average molecular weight is 329 g/mol. The fourth-order valence-electron chi connectivity index (χ4n) is 2.22. The van der Waals surface area contributed by atoms with Crippen LogP contribution in [0.2, 0.25) is 0 Å². The summed E-state index contributed by atoms with van der Waals surface area (Å²) < 4.78 is 0. The van der Waals surface area contributed by atoms with Gasteiger partial charge in [-0.05, 0) is 31.0 Å². The first-order chi connectivity index (χ1) is 11.3. The van der Waals surface area contributed by atoms with E-state index in [-0.39, 0.29) is 11.1 Å². The monoisotopic (exact) mass is 329 g/mol. The molecule has 0 spiro atoms. The first-order valence-corrected chi connectivity index (χ1v) is 7.17. The second kappa shape index (κ2) is 6.86. The van der Waals surface area contributed by atoms with E-state index in [1.807, 2.05) is 19.1 Å². The van der Waals surface area contributed by atoms with E-state index in [1.54, 1.807) is 12.1 Å². The molecule has 2 aromatic carbocycles. The topological polar surface area (TPSA) is 115 Å². The standard InChI is InChI=1S/C16H15N3O5/c1-3-11-4-6-13(7-5-11)17-16(20)12-8-14(18(21)22)10(2)15(9-12)19(23)24/h4-9H,3H2,1-2H3,(H,17,20). The Kier molecular flexibility index (Phi) is 4.88. The average Bonchev–Trinajstić information content (AvgIpc) is 2.55. The Morgan fingerprint density at radius 2 is 1.54 bits per heavy atom. The first kappa shape index (κ1) is 17.1. The van der Waals surface area contributed by atoms with Crippen LogP contribution < -0.4 is 5.32 Å². The molecule has 0 aliphatic rings. The third-order valence-corrected chi connectivity index (χ3v) is 3.63. The lowest BCUT2D eigenvalue weighted by atomic mass is 10.1. The van der Waals surface area contributed by atoms with Crippen LogP contribution in [-0.2, 0) is 6.42 Å². The van der Waals surface area contributed by atoms with Gasteiger partial charge in [-0.25, -0.2) is 0 Å². The maximum Gasteiger partial charge on any atom is 0.279 e. The summed E-state index contributed by atoms with van der Waals surface area (Å²) in [7, 11) is 0. The summed E-state index contributed by atoms with van der Waals surface area (Å²) in [5.41, 5.74) is 0.441. The minimum absolute atomic E-state index is 0.0890. The molecule has 0 radical (unpaired) electrons. The number of nitrogens with one attached hydrogen (secondary N) is 1. The Hall–Kier alpha value is -3.29. The predicted molar refractivity (Wildman–Crippen MR) is 88.3 cm³/mol. The van der Waals surface area contributed by atoms with Crippen molar-refractivity contribution >= 4 is 23.0 Å². The molecule has 0 saturated heterocycles. The van der Waals surface area contributed by atoms with E-state index in [4.69, 9.17) is 0 Å². The molecule has 0 atom stereocenters. The van der Waals surface area contributed by atoms with Gasteiger partial charge < -0.3 is 5.32 Å². The summed E-state index contributed by atoms with van der Waals surface area (Å²) in [6.45, 7) is 3.28. The molecule has 1 N–H and O–H groups in total. The fourth-order valence-corrected chi connectivity index (χ4v) is 2.22. The Balaban J connectivity index is 2.37. The lowest BCUT2D eigenvalue weighted by Gasteiger charge is -2.07. The summed E-state index contributed by atoms with van der Waals surface area (Å²) in [6.07, 6.45) is 0.852. The highest BCUT2D eigenvalue weighted by molar-refractivity contribution is 6.05. The number of hydrogen-bond acceptors (Lipinski definition) is 5. The van der Waals surface area contributed by atoms with Crippen molar-refractivity contribution in [2.24, 2.45) is 0 Å². The van der Waals surface area contributed by atoms with Crippen molar-refractivity contribution < 1.29 is 14.6 Å². The molecule has 0 aliphatic carbocycles. The van der Waals surface area contributed by atoms with Crippen molar-refractivity contribution in [1.82, 2.24) is 0 Å². The van der Waals surface area contributed by atoms with Crippen LogP contribution in [0.25, 0.3) is 0 Å². The highest BCUT2D eigenvalue weighted by atomic mass is 16.6. The van der Waals surface area contributed by atoms with Crippen LogP contribution in [0.1, 0.15) is 28.4 Å². The van der Waals surface area contributed by atoms with Gasteiger partial charge in [-0.15, -0.1) is 0 Å². The molecular weight excluding hydrogens is 314 g/mol. The number of benzene rings is 2. The Morgan fingerprint density at radius 3 is 1.96 bits per heavy atom. The van der Waals surface area contributed by atoms with Gasteiger partial charge in [0.05, 0.1) is 15.4 Å². The number of carbonyl (C=O) groups excluding carboxylic acids is 1. The van der Waals surface area contributed by atoms with Gasteiger partial charge in [0, 0.05) is 17.8 Å². The van der Waals surface area contributed by atoms with E-state index >= 15 is 0 Å². The minimum atomic E-state index is -0.741. The molecule has 0 heterocycles. The molecule has 1 amide bonds. The van der Waals surface area contributed by atoms with Crippen LogP contribution in [0.5, 0.6) is 0 Å². The van der Waals surface area contributed by atoms with Gasteiger partial charge in [-0.3, -0.25) is 25.0 Å². The second-order valence-electron chi connectivity index (χ2n) is 5.16. The van der Waals surface area contributed by atoms with Crippen LogP contribution in [0.15, 0.2) is 36.4 Å². The summed E-state index contributed by atoms with van der Waals surface area (Å²) >= 11 is 0. The van der Waals surface area contributed by atoms with Crippen molar-refractivity contribution in [1.29, 1.82) is 0 Å². The molecule has 0 aliphatic heterocycles. The molecule has 0 bridgehead atoms. The number of carbonyl (C=O) groups is 1. The summed E-state index contributed by atoms with van der Waals surface area (Å²) in [6, 6.07) is 9.17. The molecular formula is C16H15N3O5. The van der Waals surface area contributed by atoms with Crippen molar-refractivity contribution in [3.8, 4) is 0 Å². The van der Waals surface area contributed by atoms with E-state index in [2.05, 4.69) is 5.32 Å². The van der Waals surface area contributed by atoms with Crippen LogP contribution in [0.3, 0.4) is 0 Å². The fraction of sp³-hybridized carbons (Fsp3) is 0.188. The molecule has 0 saturated carbocycles. The smallest absolute Gasteiger partial charge is 0.279 e. The van der Waals surface area contributed by atoms with Gasteiger partial charge in [0.2, 0.25) is 0 Å². The number of amides is 1. The number of aryl methyl sites for hydroxylation is 1. The van der Waals surface area contributed by atoms with Crippen LogP contribution in [-0.4, -0.2) is 15.8 Å². The van der Waals surface area contributed by atoms with Gasteiger partial charge in [0.25, 0.3) is 17.3 Å². The lowest BCUT2D eigenvalue weighted by molar-refractivity contribution is -0.395. The lowest BCUT2D eigenvalue weighted by Crippen LogP contribution is -2.13. The first-order valence-electron chi connectivity index (χ1n) is 7.17. The van der Waals surface area contributed by atoms with Crippen molar-refractivity contribution in [3.63, 3.8) is 0 Å². The summed E-state index contributed by atoms with van der Waals surface area (Å²) in [4.78, 5) is 32.9. The molecule has 2 rings (SSSR count). The third-order valence-electron chi connectivity index (χ3n) is 3.63. The predicted octanol–water partition coefficient (Wildman–Crippen LogP) is 3.63. The van der Waals surface area contributed by atoms with E-state index in [1.165, 1.54) is 6.92 Å². The quantitative estimate of drug-likeness (QED) is 0.664. The molecule has 2 aromatic rings. The molecule has 8 heteroatoms. The Bertz CT molecular complexity index is 780. The van der Waals surface area contributed by atoms with Crippen LogP contribution in [0, 0.1) is 27.2 Å². The molecule has 0 aromatic heterocycles. The minimum Gasteiger partial charge on any atom is -0.322 e.